The maximum atomic E-state index is 11.4. The third kappa shape index (κ3) is 2.24. The minimum Gasteiger partial charge on any atom is -0.480 e. The Morgan fingerprint density at radius 1 is 1.25 bits per heavy atom. The van der Waals surface area contributed by atoms with Crippen molar-refractivity contribution < 1.29 is 9.90 Å². The number of hydrogen-bond donors (Lipinski definition) is 2. The summed E-state index contributed by atoms with van der Waals surface area (Å²) in [6.45, 7) is 3.95. The van der Waals surface area contributed by atoms with Gasteiger partial charge in [0, 0.05) is 6.04 Å². The molecule has 2 aliphatic rings. The number of carboxylic acids is 1. The Balaban J connectivity index is 2.05. The van der Waals surface area contributed by atoms with Gasteiger partial charge in [-0.15, -0.1) is 0 Å². The molecule has 92 valence electrons. The maximum absolute atomic E-state index is 11.4. The molecule has 0 aromatic carbocycles. The minimum atomic E-state index is -0.685. The van der Waals surface area contributed by atoms with Crippen LogP contribution in [0.1, 0.15) is 52.4 Å². The van der Waals surface area contributed by atoms with Crippen LogP contribution in [-0.2, 0) is 4.79 Å². The van der Waals surface area contributed by atoms with Gasteiger partial charge in [-0.25, -0.2) is 0 Å². The topological polar surface area (TPSA) is 49.3 Å². The molecule has 2 N–H and O–H groups in total. The molecule has 2 saturated carbocycles. The Labute approximate surface area is 97.6 Å². The molecule has 16 heavy (non-hydrogen) atoms. The van der Waals surface area contributed by atoms with Crippen molar-refractivity contribution in [3.05, 3.63) is 0 Å². The van der Waals surface area contributed by atoms with Crippen LogP contribution >= 0.6 is 0 Å². The highest BCUT2D eigenvalue weighted by atomic mass is 16.4. The van der Waals surface area contributed by atoms with Crippen molar-refractivity contribution in [3.8, 4) is 0 Å². The van der Waals surface area contributed by atoms with Gasteiger partial charge in [0.1, 0.15) is 5.54 Å². The number of nitrogens with one attached hydrogen (secondary N) is 1. The Morgan fingerprint density at radius 3 is 1.94 bits per heavy atom. The van der Waals surface area contributed by atoms with Crippen molar-refractivity contribution in [2.45, 2.75) is 64.0 Å². The Morgan fingerprint density at radius 2 is 1.69 bits per heavy atom. The zero-order valence-corrected chi connectivity index (χ0v) is 10.3. The fourth-order valence-electron chi connectivity index (χ4n) is 2.67. The lowest BCUT2D eigenvalue weighted by Gasteiger charge is -2.33. The molecule has 0 aromatic heterocycles. The molecule has 2 fully saturated rings. The maximum Gasteiger partial charge on any atom is 0.323 e. The Bertz CT molecular complexity index is 253. The molecule has 0 spiro atoms. The summed E-state index contributed by atoms with van der Waals surface area (Å²) in [7, 11) is 0. The number of hydrogen-bond acceptors (Lipinski definition) is 2. The van der Waals surface area contributed by atoms with Crippen LogP contribution in [0.4, 0.5) is 0 Å². The highest BCUT2D eigenvalue weighted by molar-refractivity contribution is 5.78. The first-order valence-corrected chi connectivity index (χ1v) is 6.64. The van der Waals surface area contributed by atoms with Gasteiger partial charge in [0.25, 0.3) is 0 Å². The van der Waals surface area contributed by atoms with Crippen LogP contribution in [0, 0.1) is 11.8 Å². The number of carboxylic acid groups (broad SMARTS) is 1. The van der Waals surface area contributed by atoms with E-state index in [1.807, 2.05) is 13.8 Å². The molecule has 0 atom stereocenters. The fourth-order valence-corrected chi connectivity index (χ4v) is 2.67. The SMILES string of the molecule is CCC(CC)(NC(C1CC1)C1CC1)C(=O)O. The second kappa shape index (κ2) is 4.36. The first kappa shape index (κ1) is 11.9. The van der Waals surface area contributed by atoms with Crippen LogP contribution in [-0.4, -0.2) is 22.7 Å². The van der Waals surface area contributed by atoms with Gasteiger partial charge in [-0.3, -0.25) is 10.1 Å². The van der Waals surface area contributed by atoms with Gasteiger partial charge in [0.05, 0.1) is 0 Å². The van der Waals surface area contributed by atoms with Crippen molar-refractivity contribution in [1.82, 2.24) is 5.32 Å². The predicted octanol–water partition coefficient (Wildman–Crippen LogP) is 2.41. The van der Waals surface area contributed by atoms with Gasteiger partial charge in [0.2, 0.25) is 0 Å². The van der Waals surface area contributed by atoms with E-state index >= 15 is 0 Å². The number of rotatable bonds is 7. The summed E-state index contributed by atoms with van der Waals surface area (Å²) in [5.74, 6) is 0.831. The molecule has 3 heteroatoms. The Hall–Kier alpha value is -0.570. The molecular formula is C13H23NO2. The smallest absolute Gasteiger partial charge is 0.323 e. The molecule has 2 rings (SSSR count). The molecule has 0 radical (unpaired) electrons. The molecule has 0 heterocycles. The summed E-state index contributed by atoms with van der Waals surface area (Å²) in [5, 5.41) is 12.9. The van der Waals surface area contributed by atoms with Gasteiger partial charge in [0.15, 0.2) is 0 Å². The molecule has 2 aliphatic carbocycles. The van der Waals surface area contributed by atoms with E-state index < -0.39 is 11.5 Å². The molecule has 0 aliphatic heterocycles. The standard InChI is InChI=1S/C13H23NO2/c1-3-13(4-2,12(15)16)14-11(9-5-6-9)10-7-8-10/h9-11,14H,3-8H2,1-2H3,(H,15,16). The first-order valence-electron chi connectivity index (χ1n) is 6.64. The van der Waals surface area contributed by atoms with Crippen molar-refractivity contribution >= 4 is 5.97 Å². The van der Waals surface area contributed by atoms with Crippen LogP contribution in [0.5, 0.6) is 0 Å². The van der Waals surface area contributed by atoms with E-state index in [0.717, 1.165) is 11.8 Å². The summed E-state index contributed by atoms with van der Waals surface area (Å²) < 4.78 is 0. The average Bonchev–Trinajstić information content (AvgIpc) is 3.14. The second-order valence-electron chi connectivity index (χ2n) is 5.44. The van der Waals surface area contributed by atoms with Gasteiger partial charge in [-0.05, 0) is 50.4 Å². The summed E-state index contributed by atoms with van der Waals surface area (Å²) in [6.07, 6.45) is 6.51. The second-order valence-corrected chi connectivity index (χ2v) is 5.44. The predicted molar refractivity (Wildman–Crippen MR) is 63.3 cm³/mol. The average molecular weight is 225 g/mol. The van der Waals surface area contributed by atoms with E-state index in [1.54, 1.807) is 0 Å². The quantitative estimate of drug-likeness (QED) is 0.699. The van der Waals surface area contributed by atoms with Gasteiger partial charge < -0.3 is 5.11 Å². The van der Waals surface area contributed by atoms with Gasteiger partial charge >= 0.3 is 5.97 Å². The van der Waals surface area contributed by atoms with Crippen LogP contribution in [0.3, 0.4) is 0 Å². The van der Waals surface area contributed by atoms with Crippen molar-refractivity contribution in [2.75, 3.05) is 0 Å². The summed E-state index contributed by atoms with van der Waals surface area (Å²) in [5.41, 5.74) is -0.685. The molecule has 0 unspecified atom stereocenters. The van der Waals surface area contributed by atoms with E-state index in [-0.39, 0.29) is 0 Å². The molecule has 3 nitrogen and oxygen atoms in total. The third-order valence-electron chi connectivity index (χ3n) is 4.32. The highest BCUT2D eigenvalue weighted by Crippen LogP contribution is 2.45. The van der Waals surface area contributed by atoms with Gasteiger partial charge in [-0.1, -0.05) is 13.8 Å². The normalized spacial score (nSPS) is 21.4. The van der Waals surface area contributed by atoms with Crippen LogP contribution < -0.4 is 5.32 Å². The fraction of sp³-hybridized carbons (Fsp3) is 0.923. The largest absolute Gasteiger partial charge is 0.480 e. The summed E-state index contributed by atoms with van der Waals surface area (Å²) in [4.78, 5) is 11.4. The zero-order valence-electron chi connectivity index (χ0n) is 10.3. The molecule has 0 aromatic rings. The monoisotopic (exact) mass is 225 g/mol. The highest BCUT2D eigenvalue weighted by Gasteiger charge is 2.46. The molecule has 0 saturated heterocycles. The summed E-state index contributed by atoms with van der Waals surface area (Å²) in [6, 6.07) is 0.469. The number of carbonyl (C=O) groups is 1. The summed E-state index contributed by atoms with van der Waals surface area (Å²) >= 11 is 0. The van der Waals surface area contributed by atoms with Crippen LogP contribution in [0.25, 0.3) is 0 Å². The van der Waals surface area contributed by atoms with E-state index in [1.165, 1.54) is 25.7 Å². The lowest BCUT2D eigenvalue weighted by molar-refractivity contribution is -0.145. The zero-order chi connectivity index (χ0) is 11.8. The van der Waals surface area contributed by atoms with E-state index in [0.29, 0.717) is 18.9 Å². The molecular weight excluding hydrogens is 202 g/mol. The van der Waals surface area contributed by atoms with E-state index in [9.17, 15) is 9.90 Å². The van der Waals surface area contributed by atoms with Gasteiger partial charge in [-0.2, -0.15) is 0 Å². The van der Waals surface area contributed by atoms with Crippen molar-refractivity contribution in [3.63, 3.8) is 0 Å². The minimum absolute atomic E-state index is 0.469. The third-order valence-corrected chi connectivity index (χ3v) is 4.32. The number of aliphatic carboxylic acids is 1. The Kier molecular flexibility index (Phi) is 3.24. The van der Waals surface area contributed by atoms with E-state index in [2.05, 4.69) is 5.32 Å². The lowest BCUT2D eigenvalue weighted by atomic mass is 9.90. The van der Waals surface area contributed by atoms with E-state index in [4.69, 9.17) is 0 Å². The van der Waals surface area contributed by atoms with Crippen LogP contribution in [0.2, 0.25) is 0 Å². The van der Waals surface area contributed by atoms with Crippen molar-refractivity contribution in [2.24, 2.45) is 11.8 Å². The molecule has 0 amide bonds. The lowest BCUT2D eigenvalue weighted by Crippen LogP contribution is -2.56. The first-order chi connectivity index (χ1) is 7.63. The molecule has 0 bridgehead atoms. The van der Waals surface area contributed by atoms with Crippen molar-refractivity contribution in [1.29, 1.82) is 0 Å². The van der Waals surface area contributed by atoms with Crippen LogP contribution in [0.15, 0.2) is 0 Å².